The quantitative estimate of drug-likeness (QED) is 0.774. The first kappa shape index (κ1) is 16.8. The molecule has 0 unspecified atom stereocenters. The van der Waals surface area contributed by atoms with Crippen LogP contribution in [0.3, 0.4) is 0 Å². The summed E-state index contributed by atoms with van der Waals surface area (Å²) in [5.74, 6) is 0.144. The summed E-state index contributed by atoms with van der Waals surface area (Å²) in [6.07, 6.45) is 9.01. The molecule has 4 rings (SSSR count). The minimum absolute atomic E-state index is 0.333. The van der Waals surface area contributed by atoms with Gasteiger partial charge in [-0.2, -0.15) is 5.10 Å². The predicted molar refractivity (Wildman–Crippen MR) is 96.9 cm³/mol. The van der Waals surface area contributed by atoms with E-state index in [1.54, 1.807) is 0 Å². The van der Waals surface area contributed by atoms with Gasteiger partial charge in [0.15, 0.2) is 5.69 Å². The molecule has 1 aromatic heterocycles. The number of hydrogen-bond donors (Lipinski definition) is 0. The Labute approximate surface area is 150 Å². The maximum Gasteiger partial charge on any atom is 0.359 e. The summed E-state index contributed by atoms with van der Waals surface area (Å²) < 4.78 is 5.49. The Morgan fingerprint density at radius 3 is 2.56 bits per heavy atom. The van der Waals surface area contributed by atoms with E-state index < -0.39 is 5.60 Å². The van der Waals surface area contributed by atoms with Gasteiger partial charge in [-0.25, -0.2) is 4.79 Å². The molecule has 5 heteroatoms. The third-order valence-corrected chi connectivity index (χ3v) is 5.72. The second-order valence-electron chi connectivity index (χ2n) is 9.12. The van der Waals surface area contributed by atoms with Crippen LogP contribution in [0.15, 0.2) is 6.07 Å². The van der Waals surface area contributed by atoms with Crippen molar-refractivity contribution in [1.82, 2.24) is 10.2 Å². The standard InChI is InChI=1S/C20H29N3O2/c1-19(2,3)25-18(24)15-13-16(17(22-21-15)14-5-6-14)23-11-4-7-20(8-9-20)10-12-23/h13-14H,4-12H2,1-3H3. The number of hydrogen-bond acceptors (Lipinski definition) is 5. The molecule has 3 aliphatic rings. The molecule has 2 heterocycles. The number of carbonyl (C=O) groups is 1. The van der Waals surface area contributed by atoms with E-state index in [2.05, 4.69) is 15.1 Å². The number of aromatic nitrogens is 2. The number of esters is 1. The van der Waals surface area contributed by atoms with Gasteiger partial charge in [0.2, 0.25) is 0 Å². The van der Waals surface area contributed by atoms with E-state index in [0.717, 1.165) is 24.5 Å². The fourth-order valence-electron chi connectivity index (χ4n) is 3.89. The Kier molecular flexibility index (Phi) is 4.00. The first-order valence-electron chi connectivity index (χ1n) is 9.71. The molecule has 3 fully saturated rings. The van der Waals surface area contributed by atoms with Crippen LogP contribution in [0, 0.1) is 5.41 Å². The second kappa shape index (κ2) is 5.96. The minimum atomic E-state index is -0.519. The minimum Gasteiger partial charge on any atom is -0.455 e. The molecule has 0 radical (unpaired) electrons. The molecule has 1 saturated heterocycles. The molecule has 0 atom stereocenters. The van der Waals surface area contributed by atoms with Crippen LogP contribution in [0.5, 0.6) is 0 Å². The Balaban J connectivity index is 1.60. The number of ether oxygens (including phenoxy) is 1. The molecule has 1 spiro atoms. The maximum atomic E-state index is 12.4. The highest BCUT2D eigenvalue weighted by molar-refractivity contribution is 5.88. The van der Waals surface area contributed by atoms with Gasteiger partial charge in [0.05, 0.1) is 11.4 Å². The lowest BCUT2D eigenvalue weighted by Gasteiger charge is -2.25. The fourth-order valence-corrected chi connectivity index (χ4v) is 3.89. The first-order chi connectivity index (χ1) is 11.9. The summed E-state index contributed by atoms with van der Waals surface area (Å²) in [6, 6.07) is 1.93. The van der Waals surface area contributed by atoms with Gasteiger partial charge < -0.3 is 9.64 Å². The summed E-state index contributed by atoms with van der Waals surface area (Å²) in [6.45, 7) is 7.76. The van der Waals surface area contributed by atoms with Crippen molar-refractivity contribution in [2.45, 2.75) is 77.2 Å². The molecule has 1 aromatic rings. The highest BCUT2D eigenvalue weighted by Gasteiger charge is 2.43. The van der Waals surface area contributed by atoms with Crippen LogP contribution in [0.25, 0.3) is 0 Å². The first-order valence-corrected chi connectivity index (χ1v) is 9.71. The lowest BCUT2D eigenvalue weighted by Crippen LogP contribution is -2.28. The van der Waals surface area contributed by atoms with Crippen molar-refractivity contribution >= 4 is 11.7 Å². The third-order valence-electron chi connectivity index (χ3n) is 5.72. The molecule has 1 aliphatic heterocycles. The predicted octanol–water partition coefficient (Wildman–Crippen LogP) is 4.08. The SMILES string of the molecule is CC(C)(C)OC(=O)c1cc(N2CCCC3(CC2)CC3)c(C2CC2)nn1. The largest absolute Gasteiger partial charge is 0.455 e. The summed E-state index contributed by atoms with van der Waals surface area (Å²) in [4.78, 5) is 14.9. The molecular formula is C20H29N3O2. The van der Waals surface area contributed by atoms with Crippen molar-refractivity contribution in [2.75, 3.05) is 18.0 Å². The van der Waals surface area contributed by atoms with Gasteiger partial charge in [0, 0.05) is 19.0 Å². The van der Waals surface area contributed by atoms with Gasteiger partial charge >= 0.3 is 5.97 Å². The van der Waals surface area contributed by atoms with Gasteiger partial charge in [-0.05, 0) is 77.2 Å². The van der Waals surface area contributed by atoms with Gasteiger partial charge in [-0.3, -0.25) is 0 Å². The molecule has 136 valence electrons. The average molecular weight is 343 g/mol. The summed E-state index contributed by atoms with van der Waals surface area (Å²) in [7, 11) is 0. The van der Waals surface area contributed by atoms with Gasteiger partial charge in [0.1, 0.15) is 5.60 Å². The zero-order valence-electron chi connectivity index (χ0n) is 15.7. The van der Waals surface area contributed by atoms with E-state index in [1.807, 2.05) is 26.8 Å². The average Bonchev–Trinajstić information content (AvgIpc) is 3.44. The van der Waals surface area contributed by atoms with E-state index >= 15 is 0 Å². The van der Waals surface area contributed by atoms with Gasteiger partial charge in [0.25, 0.3) is 0 Å². The zero-order valence-corrected chi connectivity index (χ0v) is 15.7. The lowest BCUT2D eigenvalue weighted by atomic mass is 9.98. The van der Waals surface area contributed by atoms with Crippen LogP contribution in [0.1, 0.15) is 87.8 Å². The van der Waals surface area contributed by atoms with Crippen LogP contribution < -0.4 is 4.90 Å². The Hall–Kier alpha value is -1.65. The van der Waals surface area contributed by atoms with Crippen molar-refractivity contribution in [3.8, 4) is 0 Å². The van der Waals surface area contributed by atoms with Crippen molar-refractivity contribution in [2.24, 2.45) is 5.41 Å². The summed E-state index contributed by atoms with van der Waals surface area (Å²) in [5, 5.41) is 8.65. The van der Waals surface area contributed by atoms with Crippen molar-refractivity contribution in [3.63, 3.8) is 0 Å². The molecule has 0 aromatic carbocycles. The maximum absolute atomic E-state index is 12.4. The van der Waals surface area contributed by atoms with Crippen LogP contribution in [0.4, 0.5) is 5.69 Å². The molecule has 2 aliphatic carbocycles. The Morgan fingerprint density at radius 1 is 1.16 bits per heavy atom. The van der Waals surface area contributed by atoms with E-state index in [9.17, 15) is 4.79 Å². The number of rotatable bonds is 3. The smallest absolute Gasteiger partial charge is 0.359 e. The van der Waals surface area contributed by atoms with Crippen molar-refractivity contribution in [3.05, 3.63) is 17.5 Å². The van der Waals surface area contributed by atoms with E-state index in [4.69, 9.17) is 4.74 Å². The van der Waals surface area contributed by atoms with Gasteiger partial charge in [-0.15, -0.1) is 5.10 Å². The molecule has 2 saturated carbocycles. The van der Waals surface area contributed by atoms with Gasteiger partial charge in [-0.1, -0.05) is 0 Å². The molecule has 0 bridgehead atoms. The molecular weight excluding hydrogens is 314 g/mol. The lowest BCUT2D eigenvalue weighted by molar-refractivity contribution is 0.00615. The highest BCUT2D eigenvalue weighted by Crippen LogP contribution is 2.54. The molecule has 25 heavy (non-hydrogen) atoms. The highest BCUT2D eigenvalue weighted by atomic mass is 16.6. The summed E-state index contributed by atoms with van der Waals surface area (Å²) in [5.41, 5.74) is 2.65. The zero-order chi connectivity index (χ0) is 17.7. The molecule has 5 nitrogen and oxygen atoms in total. The van der Waals surface area contributed by atoms with E-state index in [-0.39, 0.29) is 5.97 Å². The van der Waals surface area contributed by atoms with Crippen molar-refractivity contribution in [1.29, 1.82) is 0 Å². The molecule has 0 N–H and O–H groups in total. The van der Waals surface area contributed by atoms with Crippen LogP contribution in [-0.2, 0) is 4.74 Å². The van der Waals surface area contributed by atoms with E-state index in [1.165, 1.54) is 44.9 Å². The Morgan fingerprint density at radius 2 is 1.92 bits per heavy atom. The Bertz CT molecular complexity index is 672. The second-order valence-corrected chi connectivity index (χ2v) is 9.12. The van der Waals surface area contributed by atoms with Crippen LogP contribution in [-0.4, -0.2) is 34.9 Å². The fraction of sp³-hybridized carbons (Fsp3) is 0.750. The van der Waals surface area contributed by atoms with Crippen LogP contribution in [0.2, 0.25) is 0 Å². The van der Waals surface area contributed by atoms with E-state index in [0.29, 0.717) is 17.0 Å². The number of nitrogens with zero attached hydrogens (tertiary/aromatic N) is 3. The number of anilines is 1. The topological polar surface area (TPSA) is 55.3 Å². The van der Waals surface area contributed by atoms with Crippen molar-refractivity contribution < 1.29 is 9.53 Å². The molecule has 0 amide bonds. The normalized spacial score (nSPS) is 22.6. The van der Waals surface area contributed by atoms with Crippen LogP contribution >= 0.6 is 0 Å². The monoisotopic (exact) mass is 343 g/mol. The third kappa shape index (κ3) is 3.80. The number of carbonyl (C=O) groups excluding carboxylic acids is 1. The summed E-state index contributed by atoms with van der Waals surface area (Å²) >= 11 is 0.